The number of alkyl carbamates (subject to hydrolysis) is 1. The first kappa shape index (κ1) is 20.8. The lowest BCUT2D eigenvalue weighted by atomic mass is 9.99. The lowest BCUT2D eigenvalue weighted by Crippen LogP contribution is -2.32. The molecule has 0 radical (unpaired) electrons. The van der Waals surface area contributed by atoms with E-state index >= 15 is 0 Å². The van der Waals surface area contributed by atoms with E-state index in [0.717, 1.165) is 24.0 Å². The number of nitrogens with zero attached hydrogens (tertiary/aromatic N) is 5. The van der Waals surface area contributed by atoms with Crippen molar-refractivity contribution in [2.24, 2.45) is 7.05 Å². The molecule has 0 saturated heterocycles. The van der Waals surface area contributed by atoms with Crippen molar-refractivity contribution in [1.82, 2.24) is 30.0 Å². The fourth-order valence-corrected chi connectivity index (χ4v) is 3.24. The van der Waals surface area contributed by atoms with Crippen LogP contribution in [0.15, 0.2) is 36.8 Å². The van der Waals surface area contributed by atoms with Gasteiger partial charge in [-0.05, 0) is 56.7 Å². The molecule has 1 aliphatic rings. The van der Waals surface area contributed by atoms with Crippen LogP contribution < -0.4 is 10.6 Å². The Morgan fingerprint density at radius 1 is 1.23 bits per heavy atom. The second kappa shape index (κ2) is 8.33. The summed E-state index contributed by atoms with van der Waals surface area (Å²) in [5, 5.41) is 10.2. The molecule has 0 atom stereocenters. The fourth-order valence-electron chi connectivity index (χ4n) is 3.24. The van der Waals surface area contributed by atoms with Crippen LogP contribution in [0.2, 0.25) is 0 Å². The van der Waals surface area contributed by atoms with Crippen molar-refractivity contribution in [3.8, 4) is 11.4 Å². The second-order valence-electron chi connectivity index (χ2n) is 8.68. The number of aryl methyl sites for hydroxylation is 1. The van der Waals surface area contributed by atoms with E-state index in [2.05, 4.69) is 36.8 Å². The molecule has 0 spiro atoms. The molecule has 4 rings (SSSR count). The number of nitrogens with one attached hydrogen (secondary N) is 2. The lowest BCUT2D eigenvalue weighted by molar-refractivity contribution is 0.0523. The first-order valence-electron chi connectivity index (χ1n) is 10.3. The molecular formula is C22H27N7O2. The average Bonchev–Trinajstić information content (AvgIpc) is 3.47. The second-order valence-corrected chi connectivity index (χ2v) is 8.68. The average molecular weight is 422 g/mol. The molecule has 0 bridgehead atoms. The Morgan fingerprint density at radius 2 is 2.03 bits per heavy atom. The van der Waals surface area contributed by atoms with Gasteiger partial charge >= 0.3 is 6.09 Å². The van der Waals surface area contributed by atoms with Crippen LogP contribution in [0.1, 0.15) is 50.7 Å². The molecular weight excluding hydrogens is 394 g/mol. The van der Waals surface area contributed by atoms with Crippen molar-refractivity contribution in [2.75, 3.05) is 5.32 Å². The molecule has 1 aliphatic carbocycles. The van der Waals surface area contributed by atoms with Crippen LogP contribution in [0.3, 0.4) is 0 Å². The number of ether oxygens (including phenoxy) is 1. The lowest BCUT2D eigenvalue weighted by Gasteiger charge is -2.20. The summed E-state index contributed by atoms with van der Waals surface area (Å²) in [6, 6.07) is 7.96. The quantitative estimate of drug-likeness (QED) is 0.621. The van der Waals surface area contributed by atoms with Gasteiger partial charge in [0.15, 0.2) is 11.6 Å². The normalized spacial score (nSPS) is 13.7. The number of hydrogen-bond donors (Lipinski definition) is 2. The van der Waals surface area contributed by atoms with Crippen LogP contribution in [0.5, 0.6) is 0 Å². The zero-order valence-corrected chi connectivity index (χ0v) is 18.2. The highest BCUT2D eigenvalue weighted by Crippen LogP contribution is 2.42. The van der Waals surface area contributed by atoms with Crippen molar-refractivity contribution >= 4 is 17.9 Å². The summed E-state index contributed by atoms with van der Waals surface area (Å²) in [6.45, 7) is 5.97. The molecule has 162 valence electrons. The van der Waals surface area contributed by atoms with Gasteiger partial charge in [-0.3, -0.25) is 4.68 Å². The minimum absolute atomic E-state index is 0.416. The van der Waals surface area contributed by atoms with E-state index in [1.807, 2.05) is 52.2 Å². The van der Waals surface area contributed by atoms with E-state index in [0.29, 0.717) is 30.1 Å². The molecule has 0 unspecified atom stereocenters. The van der Waals surface area contributed by atoms with Gasteiger partial charge in [0.2, 0.25) is 5.95 Å². The molecule has 1 fully saturated rings. The number of anilines is 2. The molecule has 2 aromatic heterocycles. The van der Waals surface area contributed by atoms with Crippen LogP contribution >= 0.6 is 0 Å². The monoisotopic (exact) mass is 421 g/mol. The highest BCUT2D eigenvalue weighted by atomic mass is 16.6. The Morgan fingerprint density at radius 3 is 2.71 bits per heavy atom. The summed E-state index contributed by atoms with van der Waals surface area (Å²) in [5.74, 6) is 2.19. The molecule has 31 heavy (non-hydrogen) atoms. The smallest absolute Gasteiger partial charge is 0.407 e. The minimum Gasteiger partial charge on any atom is -0.444 e. The Hall–Kier alpha value is -3.49. The van der Waals surface area contributed by atoms with Crippen molar-refractivity contribution in [3.05, 3.63) is 47.9 Å². The van der Waals surface area contributed by atoms with Crippen LogP contribution in [0.25, 0.3) is 11.4 Å². The van der Waals surface area contributed by atoms with Gasteiger partial charge in [-0.1, -0.05) is 12.1 Å². The van der Waals surface area contributed by atoms with E-state index in [-0.39, 0.29) is 0 Å². The third-order valence-corrected chi connectivity index (χ3v) is 4.77. The molecule has 9 nitrogen and oxygen atoms in total. The fraction of sp³-hybridized carbons (Fsp3) is 0.409. The van der Waals surface area contributed by atoms with Gasteiger partial charge in [0.1, 0.15) is 11.9 Å². The number of benzene rings is 1. The summed E-state index contributed by atoms with van der Waals surface area (Å²) in [5.41, 5.74) is 2.69. The number of amides is 1. The SMILES string of the molecule is Cn1ccc(Nc2ncnc(-c3ccc(CNC(=O)OC(C)(C)C)c(C4CC4)c3)n2)n1. The maximum Gasteiger partial charge on any atom is 0.407 e. The Labute approximate surface area is 181 Å². The Balaban J connectivity index is 1.51. The Kier molecular flexibility index (Phi) is 5.58. The summed E-state index contributed by atoms with van der Waals surface area (Å²) in [4.78, 5) is 25.1. The van der Waals surface area contributed by atoms with Crippen molar-refractivity contribution in [1.29, 1.82) is 0 Å². The summed E-state index contributed by atoms with van der Waals surface area (Å²) in [7, 11) is 1.85. The van der Waals surface area contributed by atoms with E-state index in [1.54, 1.807) is 4.68 Å². The van der Waals surface area contributed by atoms with Crippen LogP contribution in [-0.2, 0) is 18.3 Å². The molecule has 2 N–H and O–H groups in total. The zero-order chi connectivity index (χ0) is 22.0. The van der Waals surface area contributed by atoms with Crippen LogP contribution in [-0.4, -0.2) is 36.4 Å². The highest BCUT2D eigenvalue weighted by molar-refractivity contribution is 5.68. The molecule has 1 amide bonds. The maximum atomic E-state index is 12.0. The first-order valence-corrected chi connectivity index (χ1v) is 10.3. The van der Waals surface area contributed by atoms with Gasteiger partial charge in [-0.2, -0.15) is 10.1 Å². The van der Waals surface area contributed by atoms with Gasteiger partial charge in [0.05, 0.1) is 0 Å². The third-order valence-electron chi connectivity index (χ3n) is 4.77. The predicted octanol–water partition coefficient (Wildman–Crippen LogP) is 3.92. The summed E-state index contributed by atoms with van der Waals surface area (Å²) >= 11 is 0. The van der Waals surface area contributed by atoms with E-state index in [4.69, 9.17) is 4.74 Å². The van der Waals surface area contributed by atoms with Crippen molar-refractivity contribution in [2.45, 2.75) is 51.7 Å². The topological polar surface area (TPSA) is 107 Å². The Bertz CT molecular complexity index is 1080. The van der Waals surface area contributed by atoms with Gasteiger partial charge in [-0.15, -0.1) is 0 Å². The molecule has 0 aliphatic heterocycles. The van der Waals surface area contributed by atoms with Crippen LogP contribution in [0, 0.1) is 0 Å². The van der Waals surface area contributed by atoms with E-state index in [9.17, 15) is 4.79 Å². The van der Waals surface area contributed by atoms with Crippen molar-refractivity contribution < 1.29 is 9.53 Å². The van der Waals surface area contributed by atoms with E-state index in [1.165, 1.54) is 11.9 Å². The van der Waals surface area contributed by atoms with Gasteiger partial charge < -0.3 is 15.4 Å². The maximum absolute atomic E-state index is 12.0. The van der Waals surface area contributed by atoms with Crippen molar-refractivity contribution in [3.63, 3.8) is 0 Å². The predicted molar refractivity (Wildman–Crippen MR) is 117 cm³/mol. The zero-order valence-electron chi connectivity index (χ0n) is 18.2. The number of rotatable bonds is 6. The molecule has 9 heteroatoms. The van der Waals surface area contributed by atoms with Gasteiger partial charge in [0.25, 0.3) is 0 Å². The number of carbonyl (C=O) groups excluding carboxylic acids is 1. The number of aromatic nitrogens is 5. The highest BCUT2D eigenvalue weighted by Gasteiger charge is 2.27. The van der Waals surface area contributed by atoms with Gasteiger partial charge in [-0.25, -0.2) is 14.8 Å². The van der Waals surface area contributed by atoms with E-state index < -0.39 is 11.7 Å². The van der Waals surface area contributed by atoms with Gasteiger partial charge in [0, 0.05) is 31.4 Å². The largest absolute Gasteiger partial charge is 0.444 e. The third kappa shape index (κ3) is 5.56. The summed E-state index contributed by atoms with van der Waals surface area (Å²) < 4.78 is 7.05. The molecule has 1 saturated carbocycles. The minimum atomic E-state index is -0.521. The summed E-state index contributed by atoms with van der Waals surface area (Å²) in [6.07, 6.45) is 5.21. The standard InChI is InChI=1S/C22H27N7O2/c1-22(2,3)31-21(30)23-12-16-8-7-15(11-17(16)14-5-6-14)19-24-13-25-20(27-19)26-18-9-10-29(4)28-18/h7-11,13-14H,5-6,12H2,1-4H3,(H,23,30)(H,24,25,26,27,28). The molecule has 2 heterocycles. The number of carbonyl (C=O) groups is 1. The first-order chi connectivity index (χ1) is 14.8. The molecule has 3 aromatic rings. The number of hydrogen-bond acceptors (Lipinski definition) is 7. The molecule has 1 aromatic carbocycles. The van der Waals surface area contributed by atoms with Crippen LogP contribution in [0.4, 0.5) is 16.6 Å².